The maximum absolute atomic E-state index is 10.1. The van der Waals surface area contributed by atoms with Gasteiger partial charge in [-0.25, -0.2) is 0 Å². The number of nitrogens with zero attached hydrogens (tertiary/aromatic N) is 1. The predicted octanol–water partition coefficient (Wildman–Crippen LogP) is 14.7. The van der Waals surface area contributed by atoms with Gasteiger partial charge in [-0.2, -0.15) is 5.26 Å². The van der Waals surface area contributed by atoms with Gasteiger partial charge in [0.15, 0.2) is 0 Å². The minimum Gasteiger partial charge on any atom is -0.455 e. The van der Waals surface area contributed by atoms with Crippen LogP contribution in [0.1, 0.15) is 5.56 Å². The molecule has 0 aliphatic carbocycles. The zero-order valence-electron chi connectivity index (χ0n) is 29.8. The third-order valence-corrected chi connectivity index (χ3v) is 11.3. The molecule has 1 aromatic heterocycles. The maximum Gasteiger partial charge on any atom is 0.143 e. The maximum atomic E-state index is 10.1. The van der Waals surface area contributed by atoms with E-state index in [2.05, 4.69) is 176 Å². The molecule has 0 saturated carbocycles. The monoisotopic (exact) mass is 697 g/mol. The fraction of sp³-hybridized carbons (Fsp3) is 0. The summed E-state index contributed by atoms with van der Waals surface area (Å²) < 4.78 is 7.02. The topological polar surface area (TPSA) is 36.9 Å². The Hall–Kier alpha value is -7.47. The average molecular weight is 698 g/mol. The van der Waals surface area contributed by atoms with Crippen LogP contribution < -0.4 is 0 Å². The van der Waals surface area contributed by atoms with Crippen LogP contribution in [0.3, 0.4) is 0 Å². The summed E-state index contributed by atoms with van der Waals surface area (Å²) in [4.78, 5) is 0. The lowest BCUT2D eigenvalue weighted by Crippen LogP contribution is -1.92. The number of fused-ring (bicyclic) bond motifs is 7. The Kier molecular flexibility index (Phi) is 6.96. The summed E-state index contributed by atoms with van der Waals surface area (Å²) in [6.45, 7) is 0. The molecule has 2 nitrogen and oxygen atoms in total. The predicted molar refractivity (Wildman–Crippen MR) is 230 cm³/mol. The van der Waals surface area contributed by atoms with Crippen LogP contribution in [-0.4, -0.2) is 0 Å². The van der Waals surface area contributed by atoms with Gasteiger partial charge in [0, 0.05) is 27.5 Å². The minimum absolute atomic E-state index is 0.667. The largest absolute Gasteiger partial charge is 0.455 e. The van der Waals surface area contributed by atoms with E-state index in [1.54, 1.807) is 0 Å². The Bertz CT molecular complexity index is 3270. The number of benzene rings is 10. The molecule has 0 aliphatic rings. The van der Waals surface area contributed by atoms with Crippen molar-refractivity contribution in [2.24, 2.45) is 0 Å². The smallest absolute Gasteiger partial charge is 0.143 e. The van der Waals surface area contributed by atoms with E-state index < -0.39 is 0 Å². The van der Waals surface area contributed by atoms with E-state index in [1.807, 2.05) is 18.2 Å². The molecule has 0 bridgehead atoms. The summed E-state index contributed by atoms with van der Waals surface area (Å²) in [7, 11) is 0. The van der Waals surface area contributed by atoms with Crippen LogP contribution in [-0.2, 0) is 0 Å². The zero-order chi connectivity index (χ0) is 36.5. The average Bonchev–Trinajstić information content (AvgIpc) is 3.63. The van der Waals surface area contributed by atoms with E-state index >= 15 is 0 Å². The minimum atomic E-state index is 0.667. The van der Waals surface area contributed by atoms with Gasteiger partial charge in [0.2, 0.25) is 0 Å². The van der Waals surface area contributed by atoms with Crippen LogP contribution in [0.2, 0.25) is 0 Å². The molecule has 254 valence electrons. The van der Waals surface area contributed by atoms with Crippen LogP contribution >= 0.6 is 0 Å². The lowest BCUT2D eigenvalue weighted by atomic mass is 9.85. The molecule has 0 spiro atoms. The molecule has 0 atom stereocenters. The van der Waals surface area contributed by atoms with Gasteiger partial charge in [0.1, 0.15) is 11.2 Å². The van der Waals surface area contributed by atoms with E-state index in [-0.39, 0.29) is 0 Å². The van der Waals surface area contributed by atoms with Crippen LogP contribution in [0.25, 0.3) is 110 Å². The van der Waals surface area contributed by atoms with E-state index in [0.29, 0.717) is 5.56 Å². The van der Waals surface area contributed by atoms with E-state index in [4.69, 9.17) is 4.42 Å². The molecule has 0 N–H and O–H groups in total. The summed E-state index contributed by atoms with van der Waals surface area (Å²) >= 11 is 0. The lowest BCUT2D eigenvalue weighted by Gasteiger charge is -2.18. The number of hydrogen-bond donors (Lipinski definition) is 0. The molecular formula is C53H31NO. The van der Waals surface area contributed by atoms with Crippen molar-refractivity contribution in [1.82, 2.24) is 0 Å². The van der Waals surface area contributed by atoms with Crippen LogP contribution in [0.15, 0.2) is 192 Å². The molecular weight excluding hydrogens is 667 g/mol. The number of nitriles is 1. The van der Waals surface area contributed by atoms with Crippen molar-refractivity contribution in [3.8, 4) is 50.6 Å². The van der Waals surface area contributed by atoms with Crippen LogP contribution in [0.4, 0.5) is 0 Å². The SMILES string of the molecule is N#Cc1ccccc1-c1c2ccccc2c(-c2ccc3c(c2)oc2c(-c4c5ccccc5c(-c5ccccc5)c5ccccc45)cccc23)c2ccccc12. The second kappa shape index (κ2) is 12.3. The molecule has 0 amide bonds. The first kappa shape index (κ1) is 31.1. The van der Waals surface area contributed by atoms with Crippen molar-refractivity contribution in [3.63, 3.8) is 0 Å². The third kappa shape index (κ3) is 4.67. The number of para-hydroxylation sites is 1. The molecule has 0 radical (unpaired) electrons. The first-order chi connectivity index (χ1) is 27.3. The Balaban J connectivity index is 1.17. The lowest BCUT2D eigenvalue weighted by molar-refractivity contribution is 0.670. The summed E-state index contributed by atoms with van der Waals surface area (Å²) in [5.74, 6) is 0. The summed E-state index contributed by atoms with van der Waals surface area (Å²) in [6, 6.07) is 69.0. The van der Waals surface area contributed by atoms with Crippen LogP contribution in [0.5, 0.6) is 0 Å². The standard InChI is InChI=1S/C53H31NO/c54-32-35-17-4-5-18-36(35)51-42-23-10-8-21-40(42)50(41-22-9-11-24-43(41)51)34-29-30-37-46-27-14-28-47(53(46)55-48(37)31-34)52-44-25-12-6-19-38(44)49(33-15-2-1-3-16-33)39-20-7-13-26-45(39)52/h1-31H. The van der Waals surface area contributed by atoms with Gasteiger partial charge in [0.25, 0.3) is 0 Å². The van der Waals surface area contributed by atoms with Crippen molar-refractivity contribution in [2.75, 3.05) is 0 Å². The molecule has 0 aliphatic heterocycles. The molecule has 10 aromatic carbocycles. The Labute approximate surface area is 317 Å². The summed E-state index contributed by atoms with van der Waals surface area (Å²) in [5.41, 5.74) is 11.4. The fourth-order valence-corrected chi connectivity index (χ4v) is 9.01. The first-order valence-electron chi connectivity index (χ1n) is 18.7. The van der Waals surface area contributed by atoms with Crippen molar-refractivity contribution >= 4 is 65.0 Å². The molecule has 11 aromatic rings. The number of furan rings is 1. The quantitative estimate of drug-likeness (QED) is 0.172. The van der Waals surface area contributed by atoms with Gasteiger partial charge in [-0.3, -0.25) is 0 Å². The highest BCUT2D eigenvalue weighted by molar-refractivity contribution is 6.25. The second-order valence-corrected chi connectivity index (χ2v) is 14.2. The number of rotatable bonds is 4. The van der Waals surface area contributed by atoms with E-state index in [0.717, 1.165) is 71.3 Å². The van der Waals surface area contributed by atoms with E-state index in [1.165, 1.54) is 38.2 Å². The van der Waals surface area contributed by atoms with Gasteiger partial charge in [-0.15, -0.1) is 0 Å². The highest BCUT2D eigenvalue weighted by Crippen LogP contribution is 2.48. The van der Waals surface area contributed by atoms with Crippen LogP contribution in [0, 0.1) is 11.3 Å². The molecule has 11 rings (SSSR count). The molecule has 1 heterocycles. The van der Waals surface area contributed by atoms with Gasteiger partial charge < -0.3 is 4.42 Å². The Morgan fingerprint density at radius 1 is 0.327 bits per heavy atom. The normalized spacial score (nSPS) is 11.6. The first-order valence-corrected chi connectivity index (χ1v) is 18.7. The van der Waals surface area contributed by atoms with Crippen molar-refractivity contribution in [3.05, 3.63) is 194 Å². The molecule has 0 fully saturated rings. The molecule has 0 unspecified atom stereocenters. The van der Waals surface area contributed by atoms with Gasteiger partial charge >= 0.3 is 0 Å². The van der Waals surface area contributed by atoms with E-state index in [9.17, 15) is 5.26 Å². The molecule has 55 heavy (non-hydrogen) atoms. The van der Waals surface area contributed by atoms with Crippen molar-refractivity contribution in [1.29, 1.82) is 5.26 Å². The second-order valence-electron chi connectivity index (χ2n) is 14.2. The number of hydrogen-bond acceptors (Lipinski definition) is 2. The van der Waals surface area contributed by atoms with Crippen molar-refractivity contribution in [2.45, 2.75) is 0 Å². The van der Waals surface area contributed by atoms with Gasteiger partial charge in [-0.1, -0.05) is 170 Å². The summed E-state index contributed by atoms with van der Waals surface area (Å²) in [6.07, 6.45) is 0. The Morgan fingerprint density at radius 3 is 1.33 bits per heavy atom. The van der Waals surface area contributed by atoms with Crippen molar-refractivity contribution < 1.29 is 4.42 Å². The highest BCUT2D eigenvalue weighted by Gasteiger charge is 2.22. The molecule has 2 heteroatoms. The van der Waals surface area contributed by atoms with Gasteiger partial charge in [0.05, 0.1) is 11.6 Å². The highest BCUT2D eigenvalue weighted by atomic mass is 16.3. The summed E-state index contributed by atoms with van der Waals surface area (Å²) in [5, 5.41) is 21.6. The molecule has 0 saturated heterocycles. The third-order valence-electron chi connectivity index (χ3n) is 11.3. The zero-order valence-corrected chi connectivity index (χ0v) is 29.8. The Morgan fingerprint density at radius 2 is 0.764 bits per heavy atom. The fourth-order valence-electron chi connectivity index (χ4n) is 9.01. The van der Waals surface area contributed by atoms with Gasteiger partial charge in [-0.05, 0) is 89.1 Å².